The number of benzene rings is 3. The summed E-state index contributed by atoms with van der Waals surface area (Å²) in [7, 11) is 1.40. The van der Waals surface area contributed by atoms with E-state index in [4.69, 9.17) is 4.74 Å². The zero-order valence-electron chi connectivity index (χ0n) is 16.0. The van der Waals surface area contributed by atoms with E-state index in [9.17, 15) is 4.79 Å². The van der Waals surface area contributed by atoms with Gasteiger partial charge in [-0.15, -0.1) is 0 Å². The summed E-state index contributed by atoms with van der Waals surface area (Å²) < 4.78 is 7.15. The number of carbonyl (C=O) groups is 1. The highest BCUT2D eigenvalue weighted by molar-refractivity contribution is 5.97. The van der Waals surface area contributed by atoms with E-state index in [1.165, 1.54) is 18.2 Å². The van der Waals surface area contributed by atoms with Crippen molar-refractivity contribution in [1.29, 1.82) is 0 Å². The monoisotopic (exact) mass is 370 g/mol. The van der Waals surface area contributed by atoms with Crippen molar-refractivity contribution >= 4 is 28.2 Å². The number of nitrogens with one attached hydrogen (secondary N) is 1. The summed E-state index contributed by atoms with van der Waals surface area (Å²) in [4.78, 5) is 12.1. The first-order chi connectivity index (χ1) is 13.6. The fraction of sp³-hybridized carbons (Fsp3) is 0.125. The molecule has 0 bridgehead atoms. The first-order valence-electron chi connectivity index (χ1n) is 9.23. The summed E-state index contributed by atoms with van der Waals surface area (Å²) in [6, 6.07) is 24.5. The summed E-state index contributed by atoms with van der Waals surface area (Å²) in [6.07, 6.45) is 2.10. The Labute approximate surface area is 164 Å². The van der Waals surface area contributed by atoms with Gasteiger partial charge in [0.15, 0.2) is 0 Å². The van der Waals surface area contributed by atoms with Gasteiger partial charge in [-0.05, 0) is 48.9 Å². The fourth-order valence-electron chi connectivity index (χ4n) is 3.40. The first-order valence-corrected chi connectivity index (χ1v) is 9.23. The van der Waals surface area contributed by atoms with E-state index in [2.05, 4.69) is 58.5 Å². The molecule has 0 unspecified atom stereocenters. The highest BCUT2D eigenvalue weighted by atomic mass is 16.5. The van der Waals surface area contributed by atoms with E-state index < -0.39 is 0 Å². The molecule has 4 heteroatoms. The third-order valence-corrected chi connectivity index (χ3v) is 4.83. The van der Waals surface area contributed by atoms with E-state index in [1.54, 1.807) is 0 Å². The van der Waals surface area contributed by atoms with Gasteiger partial charge in [0.05, 0.1) is 18.4 Å². The molecule has 0 saturated carbocycles. The number of fused-ring (bicyclic) bond motifs is 1. The van der Waals surface area contributed by atoms with Crippen LogP contribution in [0.2, 0.25) is 0 Å². The van der Waals surface area contributed by atoms with Crippen LogP contribution in [0.1, 0.15) is 21.5 Å². The van der Waals surface area contributed by atoms with E-state index in [0.29, 0.717) is 5.56 Å². The van der Waals surface area contributed by atoms with Gasteiger partial charge in [0, 0.05) is 29.3 Å². The van der Waals surface area contributed by atoms with Gasteiger partial charge in [-0.1, -0.05) is 42.0 Å². The molecule has 28 heavy (non-hydrogen) atoms. The average molecular weight is 370 g/mol. The summed E-state index contributed by atoms with van der Waals surface area (Å²) in [5.41, 5.74) is 5.65. The number of esters is 1. The third-order valence-electron chi connectivity index (χ3n) is 4.83. The molecule has 140 valence electrons. The van der Waals surface area contributed by atoms with Crippen LogP contribution in [0, 0.1) is 6.92 Å². The zero-order chi connectivity index (χ0) is 19.5. The van der Waals surface area contributed by atoms with Gasteiger partial charge in [0.2, 0.25) is 0 Å². The molecule has 0 saturated heterocycles. The maximum Gasteiger partial charge on any atom is 0.339 e. The molecule has 0 spiro atoms. The molecule has 0 amide bonds. The maximum absolute atomic E-state index is 12.1. The number of rotatable bonds is 5. The minimum atomic E-state index is -0.346. The summed E-state index contributed by atoms with van der Waals surface area (Å²) in [5.74, 6) is -0.346. The SMILES string of the molecule is COC(=O)c1cc(C)ccc1Nc1ccc2c(ccn2Cc2ccccc2)c1. The van der Waals surface area contributed by atoms with Crippen LogP contribution in [-0.2, 0) is 11.3 Å². The van der Waals surface area contributed by atoms with Gasteiger partial charge < -0.3 is 14.6 Å². The second-order valence-corrected chi connectivity index (χ2v) is 6.87. The van der Waals surface area contributed by atoms with Gasteiger partial charge in [-0.3, -0.25) is 0 Å². The highest BCUT2D eigenvalue weighted by Crippen LogP contribution is 2.27. The van der Waals surface area contributed by atoms with Crippen molar-refractivity contribution in [1.82, 2.24) is 4.57 Å². The van der Waals surface area contributed by atoms with Crippen LogP contribution in [0.3, 0.4) is 0 Å². The molecule has 0 fully saturated rings. The summed E-state index contributed by atoms with van der Waals surface area (Å²) in [6.45, 7) is 2.79. The van der Waals surface area contributed by atoms with E-state index in [0.717, 1.165) is 28.9 Å². The summed E-state index contributed by atoms with van der Waals surface area (Å²) in [5, 5.41) is 4.50. The molecule has 0 aliphatic heterocycles. The van der Waals surface area contributed by atoms with Crippen molar-refractivity contribution in [3.63, 3.8) is 0 Å². The van der Waals surface area contributed by atoms with Crippen LogP contribution in [-0.4, -0.2) is 17.6 Å². The summed E-state index contributed by atoms with van der Waals surface area (Å²) >= 11 is 0. The van der Waals surface area contributed by atoms with Gasteiger partial charge in [0.25, 0.3) is 0 Å². The molecule has 4 aromatic rings. The van der Waals surface area contributed by atoms with Crippen molar-refractivity contribution < 1.29 is 9.53 Å². The number of nitrogens with zero attached hydrogens (tertiary/aromatic N) is 1. The number of aromatic nitrogens is 1. The molecule has 1 aromatic heterocycles. The van der Waals surface area contributed by atoms with Crippen molar-refractivity contribution in [2.75, 3.05) is 12.4 Å². The number of aryl methyl sites for hydroxylation is 1. The maximum atomic E-state index is 12.1. The molecule has 0 radical (unpaired) electrons. The fourth-order valence-corrected chi connectivity index (χ4v) is 3.40. The van der Waals surface area contributed by atoms with Crippen LogP contribution < -0.4 is 5.32 Å². The van der Waals surface area contributed by atoms with Crippen LogP contribution in [0.5, 0.6) is 0 Å². The Balaban J connectivity index is 1.62. The Morgan fingerprint density at radius 1 is 1.00 bits per heavy atom. The quantitative estimate of drug-likeness (QED) is 0.470. The molecule has 4 rings (SSSR count). The predicted octanol–water partition coefficient (Wildman–Crippen LogP) is 5.53. The van der Waals surface area contributed by atoms with Crippen LogP contribution in [0.4, 0.5) is 11.4 Å². The largest absolute Gasteiger partial charge is 0.465 e. The first kappa shape index (κ1) is 17.9. The minimum Gasteiger partial charge on any atom is -0.465 e. The van der Waals surface area contributed by atoms with Crippen molar-refractivity contribution in [3.05, 3.63) is 95.7 Å². The molecular formula is C24H22N2O2. The van der Waals surface area contributed by atoms with Gasteiger partial charge in [-0.2, -0.15) is 0 Å². The standard InChI is InChI=1S/C24H22N2O2/c1-17-8-10-22(21(14-17)24(27)28-2)25-20-9-11-23-19(15-20)12-13-26(23)16-18-6-4-3-5-7-18/h3-15,25H,16H2,1-2H3. The van der Waals surface area contributed by atoms with Gasteiger partial charge >= 0.3 is 5.97 Å². The molecule has 0 aliphatic rings. The lowest BCUT2D eigenvalue weighted by Gasteiger charge is -2.12. The predicted molar refractivity (Wildman–Crippen MR) is 113 cm³/mol. The Kier molecular flexibility index (Phi) is 4.85. The second-order valence-electron chi connectivity index (χ2n) is 6.87. The average Bonchev–Trinajstić information content (AvgIpc) is 3.11. The Morgan fingerprint density at radius 2 is 1.82 bits per heavy atom. The number of hydrogen-bond donors (Lipinski definition) is 1. The molecular weight excluding hydrogens is 348 g/mol. The number of carbonyl (C=O) groups excluding carboxylic acids is 1. The molecule has 0 aliphatic carbocycles. The van der Waals surface area contributed by atoms with Crippen LogP contribution >= 0.6 is 0 Å². The molecule has 0 atom stereocenters. The lowest BCUT2D eigenvalue weighted by atomic mass is 10.1. The van der Waals surface area contributed by atoms with E-state index in [-0.39, 0.29) is 5.97 Å². The topological polar surface area (TPSA) is 43.3 Å². The smallest absolute Gasteiger partial charge is 0.339 e. The Bertz CT molecular complexity index is 1130. The number of ether oxygens (including phenoxy) is 1. The van der Waals surface area contributed by atoms with Crippen LogP contribution in [0.15, 0.2) is 79.0 Å². The third kappa shape index (κ3) is 3.62. The van der Waals surface area contributed by atoms with Crippen molar-refractivity contribution in [2.24, 2.45) is 0 Å². The molecule has 1 N–H and O–H groups in total. The molecule has 3 aromatic carbocycles. The lowest BCUT2D eigenvalue weighted by molar-refractivity contribution is 0.0602. The molecule has 1 heterocycles. The number of methoxy groups -OCH3 is 1. The van der Waals surface area contributed by atoms with Gasteiger partial charge in [0.1, 0.15) is 0 Å². The number of anilines is 2. The molecule has 4 nitrogen and oxygen atoms in total. The Hall–Kier alpha value is -3.53. The highest BCUT2D eigenvalue weighted by Gasteiger charge is 2.13. The Morgan fingerprint density at radius 3 is 2.61 bits per heavy atom. The lowest BCUT2D eigenvalue weighted by Crippen LogP contribution is -2.06. The van der Waals surface area contributed by atoms with E-state index in [1.807, 2.05) is 37.3 Å². The minimum absolute atomic E-state index is 0.346. The van der Waals surface area contributed by atoms with Crippen molar-refractivity contribution in [2.45, 2.75) is 13.5 Å². The van der Waals surface area contributed by atoms with Crippen molar-refractivity contribution in [3.8, 4) is 0 Å². The van der Waals surface area contributed by atoms with Gasteiger partial charge in [-0.25, -0.2) is 4.79 Å². The zero-order valence-corrected chi connectivity index (χ0v) is 16.0. The van der Waals surface area contributed by atoms with Crippen LogP contribution in [0.25, 0.3) is 10.9 Å². The normalized spacial score (nSPS) is 10.8. The number of hydrogen-bond acceptors (Lipinski definition) is 3. The second kappa shape index (κ2) is 7.61. The van der Waals surface area contributed by atoms with E-state index >= 15 is 0 Å².